The van der Waals surface area contributed by atoms with Gasteiger partial charge >= 0.3 is 27.3 Å². The second-order valence-corrected chi connectivity index (χ2v) is 8.67. The standard InChI is InChI=1S/C15H22F2O7S/c1-9-5-10(2)7-14(8-11(14)6-9)12(18)23-3-4-24-13(19)15(16,17)25(20,21)22/h9-11H,3-8H2,1-2H3,(H,20,21,22). The second-order valence-electron chi connectivity index (χ2n) is 7.21. The van der Waals surface area contributed by atoms with Crippen LogP contribution in [0, 0.1) is 23.2 Å². The molecular formula is C15H22F2O7S. The third kappa shape index (κ3) is 4.11. The minimum atomic E-state index is -5.91. The first-order chi connectivity index (χ1) is 11.4. The van der Waals surface area contributed by atoms with Crippen LogP contribution < -0.4 is 0 Å². The molecule has 2 aliphatic rings. The molecule has 0 aromatic heterocycles. The molecule has 0 saturated heterocycles. The zero-order chi connectivity index (χ0) is 19.0. The van der Waals surface area contributed by atoms with Crippen molar-refractivity contribution >= 4 is 22.1 Å². The SMILES string of the molecule is CC1CC(C)CC2(C(=O)OCCOC(=O)C(F)(F)S(=O)(=O)O)CC2C1. The fourth-order valence-electron chi connectivity index (χ4n) is 3.85. The quantitative estimate of drug-likeness (QED) is 0.424. The van der Waals surface area contributed by atoms with Gasteiger partial charge in [0.15, 0.2) is 0 Å². The summed E-state index contributed by atoms with van der Waals surface area (Å²) in [6.07, 6.45) is 3.42. The van der Waals surface area contributed by atoms with E-state index in [4.69, 9.17) is 9.29 Å². The van der Waals surface area contributed by atoms with Crippen molar-refractivity contribution in [1.82, 2.24) is 0 Å². The Morgan fingerprint density at radius 2 is 1.72 bits per heavy atom. The van der Waals surface area contributed by atoms with E-state index in [9.17, 15) is 26.8 Å². The van der Waals surface area contributed by atoms with E-state index in [-0.39, 0.29) is 5.92 Å². The maximum Gasteiger partial charge on any atom is 0.465 e. The van der Waals surface area contributed by atoms with E-state index in [1.807, 2.05) is 0 Å². The third-order valence-corrected chi connectivity index (χ3v) is 5.77. The summed E-state index contributed by atoms with van der Waals surface area (Å²) >= 11 is 0. The zero-order valence-electron chi connectivity index (χ0n) is 14.0. The summed E-state index contributed by atoms with van der Waals surface area (Å²) in [5.41, 5.74) is -0.535. The van der Waals surface area contributed by atoms with E-state index < -0.39 is 45.9 Å². The van der Waals surface area contributed by atoms with Crippen LogP contribution in [-0.4, -0.2) is 43.4 Å². The van der Waals surface area contributed by atoms with Gasteiger partial charge in [0, 0.05) is 0 Å². The Morgan fingerprint density at radius 1 is 1.12 bits per heavy atom. The van der Waals surface area contributed by atoms with Crippen LogP contribution in [0.5, 0.6) is 0 Å². The largest absolute Gasteiger partial charge is 0.465 e. The maximum absolute atomic E-state index is 13.0. The molecule has 4 atom stereocenters. The third-order valence-electron chi connectivity index (χ3n) is 4.95. The average Bonchev–Trinajstić information content (AvgIpc) is 3.15. The highest BCUT2D eigenvalue weighted by molar-refractivity contribution is 7.87. The first kappa shape index (κ1) is 20.0. The number of ether oxygens (including phenoxy) is 2. The van der Waals surface area contributed by atoms with E-state index in [0.717, 1.165) is 19.3 Å². The van der Waals surface area contributed by atoms with Crippen LogP contribution >= 0.6 is 0 Å². The lowest BCUT2D eigenvalue weighted by atomic mass is 9.90. The number of rotatable bonds is 6. The average molecular weight is 384 g/mol. The summed E-state index contributed by atoms with van der Waals surface area (Å²) in [5, 5.41) is -5.05. The van der Waals surface area contributed by atoms with Crippen LogP contribution in [0.2, 0.25) is 0 Å². The van der Waals surface area contributed by atoms with Gasteiger partial charge in [-0.2, -0.15) is 17.2 Å². The molecule has 7 nitrogen and oxygen atoms in total. The normalized spacial score (nSPS) is 32.3. The molecule has 10 heteroatoms. The Bertz CT molecular complexity index is 648. The summed E-state index contributed by atoms with van der Waals surface area (Å²) in [6.45, 7) is 3.05. The molecule has 4 unspecified atom stereocenters. The Labute approximate surface area is 144 Å². The number of fused-ring (bicyclic) bond motifs is 1. The lowest BCUT2D eigenvalue weighted by Crippen LogP contribution is -2.39. The summed E-state index contributed by atoms with van der Waals surface area (Å²) in [5.74, 6) is -1.69. The van der Waals surface area contributed by atoms with Crippen molar-refractivity contribution in [3.8, 4) is 0 Å². The first-order valence-electron chi connectivity index (χ1n) is 8.09. The summed E-state index contributed by atoms with van der Waals surface area (Å²) in [4.78, 5) is 23.3. The van der Waals surface area contributed by atoms with Gasteiger partial charge < -0.3 is 9.47 Å². The Kier molecular flexibility index (Phi) is 5.44. The van der Waals surface area contributed by atoms with Gasteiger partial charge in [0.25, 0.3) is 0 Å². The lowest BCUT2D eigenvalue weighted by molar-refractivity contribution is -0.166. The number of hydrogen-bond donors (Lipinski definition) is 1. The molecule has 0 aromatic rings. The highest BCUT2D eigenvalue weighted by Crippen LogP contribution is 2.62. The molecule has 0 aromatic carbocycles. The number of hydrogen-bond acceptors (Lipinski definition) is 6. The van der Waals surface area contributed by atoms with Gasteiger partial charge in [-0.15, -0.1) is 0 Å². The molecule has 0 aliphatic heterocycles. The Hall–Kier alpha value is -1.29. The Morgan fingerprint density at radius 3 is 2.32 bits per heavy atom. The van der Waals surface area contributed by atoms with Crippen LogP contribution in [0.15, 0.2) is 0 Å². The van der Waals surface area contributed by atoms with Crippen molar-refractivity contribution < 1.29 is 40.8 Å². The summed E-state index contributed by atoms with van der Waals surface area (Å²) in [7, 11) is -5.91. The van der Waals surface area contributed by atoms with E-state index in [1.54, 1.807) is 0 Å². The van der Waals surface area contributed by atoms with Crippen molar-refractivity contribution in [3.05, 3.63) is 0 Å². The van der Waals surface area contributed by atoms with Crippen molar-refractivity contribution in [2.75, 3.05) is 13.2 Å². The number of alkyl halides is 2. The highest BCUT2D eigenvalue weighted by atomic mass is 32.2. The second kappa shape index (κ2) is 6.79. The van der Waals surface area contributed by atoms with Crippen molar-refractivity contribution in [2.45, 2.75) is 44.8 Å². The molecule has 2 rings (SSSR count). The van der Waals surface area contributed by atoms with Gasteiger partial charge in [-0.05, 0) is 43.4 Å². The van der Waals surface area contributed by atoms with Crippen LogP contribution in [0.4, 0.5) is 8.78 Å². The van der Waals surface area contributed by atoms with Gasteiger partial charge in [-0.25, -0.2) is 4.79 Å². The van der Waals surface area contributed by atoms with Crippen LogP contribution in [0.25, 0.3) is 0 Å². The minimum absolute atomic E-state index is 0.256. The maximum atomic E-state index is 13.0. The van der Waals surface area contributed by atoms with E-state index in [1.165, 1.54) is 0 Å². The first-order valence-corrected chi connectivity index (χ1v) is 9.53. The van der Waals surface area contributed by atoms with Crippen molar-refractivity contribution in [3.63, 3.8) is 0 Å². The van der Waals surface area contributed by atoms with Gasteiger partial charge in [0.1, 0.15) is 13.2 Å². The number of esters is 2. The fraction of sp³-hybridized carbons (Fsp3) is 0.867. The lowest BCUT2D eigenvalue weighted by Gasteiger charge is -2.18. The molecule has 2 aliphatic carbocycles. The van der Waals surface area contributed by atoms with E-state index >= 15 is 0 Å². The number of halogens is 2. The van der Waals surface area contributed by atoms with E-state index in [2.05, 4.69) is 18.6 Å². The monoisotopic (exact) mass is 384 g/mol. The summed E-state index contributed by atoms with van der Waals surface area (Å²) < 4.78 is 64.1. The van der Waals surface area contributed by atoms with Gasteiger partial charge in [0.05, 0.1) is 5.41 Å². The molecule has 0 amide bonds. The van der Waals surface area contributed by atoms with Crippen LogP contribution in [0.3, 0.4) is 0 Å². The summed E-state index contributed by atoms with van der Waals surface area (Å²) in [6, 6.07) is 0. The highest BCUT2D eigenvalue weighted by Gasteiger charge is 2.62. The fourth-order valence-corrected chi connectivity index (χ4v) is 4.12. The molecule has 2 saturated carbocycles. The molecule has 144 valence electrons. The van der Waals surface area contributed by atoms with Crippen molar-refractivity contribution in [2.24, 2.45) is 23.2 Å². The van der Waals surface area contributed by atoms with Crippen LogP contribution in [-0.2, 0) is 29.2 Å². The molecule has 0 heterocycles. The molecule has 2 fully saturated rings. The molecule has 1 N–H and O–H groups in total. The predicted octanol–water partition coefficient (Wildman–Crippen LogP) is 2.02. The van der Waals surface area contributed by atoms with Crippen molar-refractivity contribution in [1.29, 1.82) is 0 Å². The van der Waals surface area contributed by atoms with E-state index in [0.29, 0.717) is 18.3 Å². The number of carbonyl (C=O) groups is 2. The molecule has 0 spiro atoms. The zero-order valence-corrected chi connectivity index (χ0v) is 14.9. The van der Waals surface area contributed by atoms with Gasteiger partial charge in [0.2, 0.25) is 0 Å². The predicted molar refractivity (Wildman–Crippen MR) is 81.1 cm³/mol. The Balaban J connectivity index is 1.81. The topological polar surface area (TPSA) is 107 Å². The molecular weight excluding hydrogens is 362 g/mol. The van der Waals surface area contributed by atoms with Gasteiger partial charge in [-0.1, -0.05) is 13.8 Å². The molecule has 25 heavy (non-hydrogen) atoms. The minimum Gasteiger partial charge on any atom is -0.462 e. The number of carbonyl (C=O) groups excluding carboxylic acids is 2. The van der Waals surface area contributed by atoms with Gasteiger partial charge in [-0.3, -0.25) is 9.35 Å². The van der Waals surface area contributed by atoms with Crippen LogP contribution in [0.1, 0.15) is 39.5 Å². The molecule has 0 radical (unpaired) electrons. The smallest absolute Gasteiger partial charge is 0.462 e. The molecule has 0 bridgehead atoms.